The first-order valence-electron chi connectivity index (χ1n) is 7.82. The molecule has 1 aromatic heterocycles. The summed E-state index contributed by atoms with van der Waals surface area (Å²) in [5.41, 5.74) is 0.520. The topological polar surface area (TPSA) is 144 Å². The number of carboxylic acid groups (broad SMARTS) is 1. The highest BCUT2D eigenvalue weighted by molar-refractivity contribution is 5.72. The number of aromatic nitrogens is 3. The molecule has 0 atom stereocenters. The summed E-state index contributed by atoms with van der Waals surface area (Å²) in [6.07, 6.45) is 0. The van der Waals surface area contributed by atoms with E-state index in [1.165, 1.54) is 24.3 Å². The molecule has 1 saturated heterocycles. The third-order valence-corrected chi connectivity index (χ3v) is 3.65. The van der Waals surface area contributed by atoms with Gasteiger partial charge in [-0.3, -0.25) is 14.9 Å². The number of aliphatic carboxylic acids is 1. The van der Waals surface area contributed by atoms with Crippen LogP contribution in [-0.4, -0.2) is 63.8 Å². The Hall–Kier alpha value is -3.34. The standard InChI is InChI=1S/C15H16N6O5/c22-12(23)9-16-14-17-13(10-1-3-11(4-2-10)21(24)25)18-15(19-14)20-5-7-26-8-6-20/h1-4H,5-9H2,(H,22,23)(H,16,17,18,19). The van der Waals surface area contributed by atoms with Crippen LogP contribution in [0.4, 0.5) is 17.6 Å². The highest BCUT2D eigenvalue weighted by Gasteiger charge is 2.18. The molecule has 0 bridgehead atoms. The molecule has 2 heterocycles. The predicted octanol–water partition coefficient (Wildman–Crippen LogP) is 0.780. The van der Waals surface area contributed by atoms with Crippen molar-refractivity contribution >= 4 is 23.6 Å². The molecule has 0 saturated carbocycles. The van der Waals surface area contributed by atoms with Crippen LogP contribution in [-0.2, 0) is 9.53 Å². The first-order valence-corrected chi connectivity index (χ1v) is 7.82. The minimum Gasteiger partial charge on any atom is -0.480 e. The third-order valence-electron chi connectivity index (χ3n) is 3.65. The second-order valence-electron chi connectivity index (χ2n) is 5.43. The third kappa shape index (κ3) is 4.19. The Kier molecular flexibility index (Phi) is 5.17. The van der Waals surface area contributed by atoms with Gasteiger partial charge in [0.2, 0.25) is 11.9 Å². The van der Waals surface area contributed by atoms with E-state index in [2.05, 4.69) is 20.3 Å². The maximum absolute atomic E-state index is 10.8. The molecule has 0 aliphatic carbocycles. The molecule has 11 heteroatoms. The normalized spacial score (nSPS) is 14.1. The highest BCUT2D eigenvalue weighted by atomic mass is 16.6. The molecule has 1 aromatic carbocycles. The minimum atomic E-state index is -1.05. The molecule has 136 valence electrons. The average molecular weight is 360 g/mol. The molecule has 0 spiro atoms. The molecule has 0 unspecified atom stereocenters. The minimum absolute atomic E-state index is 0.0413. The van der Waals surface area contributed by atoms with Crippen LogP contribution in [0, 0.1) is 10.1 Å². The smallest absolute Gasteiger partial charge is 0.322 e. The quantitative estimate of drug-likeness (QED) is 0.560. The average Bonchev–Trinajstić information content (AvgIpc) is 2.67. The van der Waals surface area contributed by atoms with Crippen molar-refractivity contribution in [2.45, 2.75) is 0 Å². The van der Waals surface area contributed by atoms with E-state index in [4.69, 9.17) is 9.84 Å². The summed E-state index contributed by atoms with van der Waals surface area (Å²) in [7, 11) is 0. The number of benzene rings is 1. The van der Waals surface area contributed by atoms with Crippen LogP contribution < -0.4 is 10.2 Å². The van der Waals surface area contributed by atoms with Crippen molar-refractivity contribution < 1.29 is 19.6 Å². The number of anilines is 2. The number of carboxylic acids is 1. The number of hydrogen-bond acceptors (Lipinski definition) is 9. The van der Waals surface area contributed by atoms with Gasteiger partial charge in [-0.2, -0.15) is 15.0 Å². The van der Waals surface area contributed by atoms with Crippen molar-refractivity contribution in [2.24, 2.45) is 0 Å². The van der Waals surface area contributed by atoms with E-state index in [9.17, 15) is 14.9 Å². The number of ether oxygens (including phenoxy) is 1. The number of nitrogens with one attached hydrogen (secondary N) is 1. The van der Waals surface area contributed by atoms with Gasteiger partial charge in [0.25, 0.3) is 5.69 Å². The van der Waals surface area contributed by atoms with Crippen LogP contribution in [0.1, 0.15) is 0 Å². The van der Waals surface area contributed by atoms with E-state index >= 15 is 0 Å². The lowest BCUT2D eigenvalue weighted by molar-refractivity contribution is -0.384. The Morgan fingerprint density at radius 2 is 1.92 bits per heavy atom. The van der Waals surface area contributed by atoms with Crippen LogP contribution in [0.2, 0.25) is 0 Å². The van der Waals surface area contributed by atoms with Crippen LogP contribution >= 0.6 is 0 Å². The van der Waals surface area contributed by atoms with E-state index < -0.39 is 10.9 Å². The summed E-state index contributed by atoms with van der Waals surface area (Å²) in [6, 6.07) is 5.80. The van der Waals surface area contributed by atoms with Gasteiger partial charge in [0.15, 0.2) is 5.82 Å². The molecule has 1 fully saturated rings. The van der Waals surface area contributed by atoms with Gasteiger partial charge in [-0.15, -0.1) is 0 Å². The summed E-state index contributed by atoms with van der Waals surface area (Å²) in [4.78, 5) is 35.9. The monoisotopic (exact) mass is 360 g/mol. The number of morpholine rings is 1. The van der Waals surface area contributed by atoms with Gasteiger partial charge in [-0.05, 0) is 12.1 Å². The van der Waals surface area contributed by atoms with Gasteiger partial charge < -0.3 is 20.1 Å². The molecule has 2 N–H and O–H groups in total. The lowest BCUT2D eigenvalue weighted by Gasteiger charge is -2.27. The fourth-order valence-electron chi connectivity index (χ4n) is 2.36. The van der Waals surface area contributed by atoms with Crippen LogP contribution in [0.25, 0.3) is 11.4 Å². The lowest BCUT2D eigenvalue weighted by Crippen LogP contribution is -2.37. The number of nitrogens with zero attached hydrogens (tertiary/aromatic N) is 5. The second-order valence-corrected chi connectivity index (χ2v) is 5.43. The fraction of sp³-hybridized carbons (Fsp3) is 0.333. The molecule has 0 radical (unpaired) electrons. The lowest BCUT2D eigenvalue weighted by atomic mass is 10.2. The van der Waals surface area contributed by atoms with E-state index in [-0.39, 0.29) is 18.2 Å². The van der Waals surface area contributed by atoms with Gasteiger partial charge in [0, 0.05) is 30.8 Å². The van der Waals surface area contributed by atoms with Gasteiger partial charge >= 0.3 is 5.97 Å². The maximum Gasteiger partial charge on any atom is 0.322 e. The summed E-state index contributed by atoms with van der Waals surface area (Å²) in [5.74, 6) is -0.235. The van der Waals surface area contributed by atoms with E-state index in [0.29, 0.717) is 43.6 Å². The summed E-state index contributed by atoms with van der Waals surface area (Å²) < 4.78 is 5.31. The Morgan fingerprint density at radius 1 is 1.23 bits per heavy atom. The number of non-ortho nitro benzene ring substituents is 1. The van der Waals surface area contributed by atoms with Crippen molar-refractivity contribution in [2.75, 3.05) is 43.1 Å². The zero-order valence-electron chi connectivity index (χ0n) is 13.7. The molecule has 11 nitrogen and oxygen atoms in total. The highest BCUT2D eigenvalue weighted by Crippen LogP contribution is 2.22. The maximum atomic E-state index is 10.8. The Balaban J connectivity index is 1.94. The molecule has 26 heavy (non-hydrogen) atoms. The Morgan fingerprint density at radius 3 is 2.54 bits per heavy atom. The van der Waals surface area contributed by atoms with Crippen molar-refractivity contribution in [3.05, 3.63) is 34.4 Å². The Labute approximate surface area is 147 Å². The first kappa shape index (κ1) is 17.5. The van der Waals surface area contributed by atoms with Crippen molar-refractivity contribution in [3.63, 3.8) is 0 Å². The number of rotatable bonds is 6. The molecule has 1 aliphatic heterocycles. The van der Waals surface area contributed by atoms with Crippen LogP contribution in [0.15, 0.2) is 24.3 Å². The summed E-state index contributed by atoms with van der Waals surface area (Å²) in [6.45, 7) is 1.93. The van der Waals surface area contributed by atoms with Crippen LogP contribution in [0.5, 0.6) is 0 Å². The van der Waals surface area contributed by atoms with Crippen LogP contribution in [0.3, 0.4) is 0 Å². The molecule has 0 amide bonds. The van der Waals surface area contributed by atoms with Gasteiger partial charge in [-0.1, -0.05) is 0 Å². The Bertz CT molecular complexity index is 807. The zero-order chi connectivity index (χ0) is 18.5. The number of nitro groups is 1. The van der Waals surface area contributed by atoms with E-state index in [0.717, 1.165) is 0 Å². The molecule has 1 aliphatic rings. The van der Waals surface area contributed by atoms with Gasteiger partial charge in [-0.25, -0.2) is 0 Å². The summed E-state index contributed by atoms with van der Waals surface area (Å²) in [5, 5.41) is 22.3. The number of nitro benzene ring substituents is 1. The van der Waals surface area contributed by atoms with Crippen molar-refractivity contribution in [1.29, 1.82) is 0 Å². The second kappa shape index (κ2) is 7.70. The number of hydrogen-bond donors (Lipinski definition) is 2. The molecule has 2 aromatic rings. The zero-order valence-corrected chi connectivity index (χ0v) is 13.7. The van der Waals surface area contributed by atoms with Crippen molar-refractivity contribution in [3.8, 4) is 11.4 Å². The number of carbonyl (C=O) groups is 1. The SMILES string of the molecule is O=C(O)CNc1nc(-c2ccc([N+](=O)[O-])cc2)nc(N2CCOCC2)n1. The van der Waals surface area contributed by atoms with Crippen molar-refractivity contribution in [1.82, 2.24) is 15.0 Å². The van der Waals surface area contributed by atoms with Gasteiger partial charge in [0.1, 0.15) is 6.54 Å². The first-order chi connectivity index (χ1) is 12.5. The fourth-order valence-corrected chi connectivity index (χ4v) is 2.36. The molecule has 3 rings (SSSR count). The largest absolute Gasteiger partial charge is 0.480 e. The van der Waals surface area contributed by atoms with Gasteiger partial charge in [0.05, 0.1) is 18.1 Å². The molecular formula is C15H16N6O5. The summed E-state index contributed by atoms with van der Waals surface area (Å²) >= 11 is 0. The molecular weight excluding hydrogens is 344 g/mol. The van der Waals surface area contributed by atoms with E-state index in [1.807, 2.05) is 4.90 Å². The van der Waals surface area contributed by atoms with E-state index in [1.54, 1.807) is 0 Å². The predicted molar refractivity (Wildman–Crippen MR) is 91.1 cm³/mol.